The second-order valence-corrected chi connectivity index (χ2v) is 6.96. The maximum absolute atomic E-state index is 10.7. The van der Waals surface area contributed by atoms with Gasteiger partial charge in [0, 0.05) is 0 Å². The molecule has 0 saturated carbocycles. The predicted molar refractivity (Wildman–Crippen MR) is 86.1 cm³/mol. The fraction of sp³-hybridized carbons (Fsp3) is 0.917. The summed E-state index contributed by atoms with van der Waals surface area (Å²) in [6, 6.07) is -1.04. The van der Waals surface area contributed by atoms with Gasteiger partial charge in [-0.05, 0) is 0 Å². The lowest BCUT2D eigenvalue weighted by Gasteiger charge is -2.38. The summed E-state index contributed by atoms with van der Waals surface area (Å²) in [5, 5.41) is 71.6. The van der Waals surface area contributed by atoms with Gasteiger partial charge in [-0.15, -0.1) is 0 Å². The first-order valence-corrected chi connectivity index (χ1v) is 9.23. The van der Waals surface area contributed by atoms with Crippen LogP contribution in [0.2, 0.25) is 0 Å². The molecule has 4 unspecified atom stereocenters. The van der Waals surface area contributed by atoms with Gasteiger partial charge in [0.1, 0.15) is 43.2 Å². The molecule has 0 aromatic rings. The molecule has 168 valence electrons. The highest BCUT2D eigenvalue weighted by molar-refractivity contribution is 7.46. The molecular weight excluding hydrogens is 413 g/mol. The molecule has 1 aliphatic heterocycles. The smallest absolute Gasteiger partial charge is 0.394 e. The van der Waals surface area contributed by atoms with Crippen molar-refractivity contribution < 1.29 is 69.3 Å². The Morgan fingerprint density at radius 3 is 2.07 bits per heavy atom. The first-order valence-electron chi connectivity index (χ1n) is 7.70. The van der Waals surface area contributed by atoms with Crippen molar-refractivity contribution in [2.45, 2.75) is 49.0 Å². The third-order valence-corrected chi connectivity index (χ3v) is 4.05. The van der Waals surface area contributed by atoms with E-state index in [9.17, 15) is 19.6 Å². The van der Waals surface area contributed by atoms with Crippen molar-refractivity contribution in [2.24, 2.45) is 5.73 Å². The molecule has 15 nitrogen and oxygen atoms in total. The van der Waals surface area contributed by atoms with Gasteiger partial charge in [-0.2, -0.15) is 0 Å². The van der Waals surface area contributed by atoms with Crippen LogP contribution in [0.25, 0.3) is 0 Å². The molecule has 1 aliphatic rings. The largest absolute Gasteiger partial charge is 0.469 e. The average Bonchev–Trinajstić information content (AvgIpc) is 2.65. The molecule has 0 spiro atoms. The monoisotopic (exact) mass is 439 g/mol. The number of aliphatic hydroxyl groups is 8. The minimum absolute atomic E-state index is 0.470. The van der Waals surface area contributed by atoms with Crippen LogP contribution in [0.4, 0.5) is 0 Å². The molecule has 0 aromatic heterocycles. The Morgan fingerprint density at radius 2 is 1.64 bits per heavy atom. The first kappa shape index (κ1) is 27.4. The maximum atomic E-state index is 10.7. The molecule has 1 rings (SSSR count). The van der Waals surface area contributed by atoms with Gasteiger partial charge in [-0.25, -0.2) is 4.57 Å². The zero-order valence-corrected chi connectivity index (χ0v) is 15.3. The number of phosphoric acid groups is 1. The number of rotatable bonds is 8. The normalized spacial score (nSPS) is 31.3. The van der Waals surface area contributed by atoms with Crippen LogP contribution in [0, 0.1) is 0 Å². The van der Waals surface area contributed by atoms with Crippen LogP contribution < -0.4 is 5.73 Å². The summed E-state index contributed by atoms with van der Waals surface area (Å²) >= 11 is 0. The van der Waals surface area contributed by atoms with E-state index in [0.717, 1.165) is 0 Å². The van der Waals surface area contributed by atoms with E-state index in [2.05, 4.69) is 4.52 Å². The fourth-order valence-corrected chi connectivity index (χ4v) is 2.23. The maximum Gasteiger partial charge on any atom is 0.469 e. The molecule has 0 aromatic carbocycles. The molecule has 1 fully saturated rings. The number of ketones is 1. The highest BCUT2D eigenvalue weighted by atomic mass is 31.2. The van der Waals surface area contributed by atoms with Gasteiger partial charge < -0.3 is 61.1 Å². The Morgan fingerprint density at radius 1 is 1.11 bits per heavy atom. The van der Waals surface area contributed by atoms with Gasteiger partial charge in [0.25, 0.3) is 0 Å². The van der Waals surface area contributed by atoms with Crippen molar-refractivity contribution in [3.63, 3.8) is 0 Å². The Balaban J connectivity index is 0.000000540. The molecule has 0 radical (unpaired) electrons. The molecule has 0 amide bonds. The third-order valence-electron chi connectivity index (χ3n) is 3.57. The molecular formula is C12H26NO14P. The lowest BCUT2D eigenvalue weighted by atomic mass is 9.98. The van der Waals surface area contributed by atoms with Gasteiger partial charge in [0.2, 0.25) is 0 Å². The van der Waals surface area contributed by atoms with Gasteiger partial charge in [-0.3, -0.25) is 9.32 Å². The van der Waals surface area contributed by atoms with Crippen LogP contribution in [0.5, 0.6) is 0 Å². The summed E-state index contributed by atoms with van der Waals surface area (Å²) < 4.78 is 18.8. The Kier molecular flexibility index (Phi) is 11.9. The number of Topliss-reactive ketones (excluding diaryl/α,β-unsaturated/α-hetero) is 1. The second kappa shape index (κ2) is 12.2. The SMILES string of the molecule is N[C@H]1C(O)O[C@H](CO)[C@@H](O)[C@@H]1O.O=C(CO)C(O)C(O)C(O)COP(=O)(O)O. The number of ether oxygens (including phenoxy) is 1. The van der Waals surface area contributed by atoms with E-state index in [0.29, 0.717) is 0 Å². The minimum atomic E-state index is -4.81. The van der Waals surface area contributed by atoms with E-state index in [1.54, 1.807) is 0 Å². The van der Waals surface area contributed by atoms with E-state index < -0.39 is 82.4 Å². The van der Waals surface area contributed by atoms with E-state index in [1.165, 1.54) is 0 Å². The van der Waals surface area contributed by atoms with E-state index in [4.69, 9.17) is 50.9 Å². The van der Waals surface area contributed by atoms with Crippen LogP contribution >= 0.6 is 7.82 Å². The van der Waals surface area contributed by atoms with Crippen molar-refractivity contribution in [1.82, 2.24) is 0 Å². The average molecular weight is 439 g/mol. The summed E-state index contributed by atoms with van der Waals surface area (Å²) in [6.45, 7) is -2.48. The number of carbonyl (C=O) groups excluding carboxylic acids is 1. The van der Waals surface area contributed by atoms with Crippen molar-refractivity contribution in [3.8, 4) is 0 Å². The highest BCUT2D eigenvalue weighted by Gasteiger charge is 2.41. The van der Waals surface area contributed by atoms with Crippen molar-refractivity contribution in [1.29, 1.82) is 0 Å². The highest BCUT2D eigenvalue weighted by Crippen LogP contribution is 2.35. The topological polar surface area (TPSA) is 281 Å². The van der Waals surface area contributed by atoms with Gasteiger partial charge in [-0.1, -0.05) is 0 Å². The molecule has 28 heavy (non-hydrogen) atoms. The van der Waals surface area contributed by atoms with E-state index in [-0.39, 0.29) is 0 Å². The molecule has 1 heterocycles. The van der Waals surface area contributed by atoms with Crippen molar-refractivity contribution in [2.75, 3.05) is 19.8 Å². The van der Waals surface area contributed by atoms with Crippen molar-refractivity contribution in [3.05, 3.63) is 0 Å². The van der Waals surface area contributed by atoms with Gasteiger partial charge in [0.05, 0.1) is 19.3 Å². The molecule has 0 aliphatic carbocycles. The lowest BCUT2D eigenvalue weighted by molar-refractivity contribution is -0.248. The number of nitrogens with two attached hydrogens (primary N) is 1. The summed E-state index contributed by atoms with van der Waals surface area (Å²) in [6.07, 6.45) is -10.8. The molecule has 8 atom stereocenters. The second-order valence-electron chi connectivity index (χ2n) is 5.72. The molecule has 1 saturated heterocycles. The van der Waals surface area contributed by atoms with Crippen LogP contribution in [0.15, 0.2) is 0 Å². The Hall–Kier alpha value is -0.620. The van der Waals surface area contributed by atoms with Crippen LogP contribution in [0.1, 0.15) is 0 Å². The number of aliphatic hydroxyl groups excluding tert-OH is 8. The lowest BCUT2D eigenvalue weighted by Crippen LogP contribution is -2.61. The summed E-state index contributed by atoms with van der Waals surface area (Å²) in [4.78, 5) is 27.2. The minimum Gasteiger partial charge on any atom is -0.394 e. The van der Waals surface area contributed by atoms with Crippen LogP contribution in [-0.4, -0.2) is 125 Å². The summed E-state index contributed by atoms with van der Waals surface area (Å²) in [5.41, 5.74) is 5.26. The quantitative estimate of drug-likeness (QED) is 0.157. The Bertz CT molecular complexity index is 512. The van der Waals surface area contributed by atoms with Gasteiger partial charge >= 0.3 is 7.82 Å². The number of hydrogen-bond acceptors (Lipinski definition) is 13. The van der Waals surface area contributed by atoms with Crippen molar-refractivity contribution >= 4 is 13.6 Å². The molecule has 0 bridgehead atoms. The van der Waals surface area contributed by atoms with Crippen LogP contribution in [0.3, 0.4) is 0 Å². The number of carbonyl (C=O) groups is 1. The number of hydrogen-bond donors (Lipinski definition) is 11. The summed E-state index contributed by atoms with van der Waals surface area (Å²) in [7, 11) is -4.81. The van der Waals surface area contributed by atoms with Gasteiger partial charge in [0.15, 0.2) is 12.1 Å². The summed E-state index contributed by atoms with van der Waals surface area (Å²) in [5.74, 6) is -1.14. The first-order chi connectivity index (χ1) is 12.8. The zero-order valence-electron chi connectivity index (χ0n) is 14.4. The standard InChI is InChI=1S/C6H13NO5.C6H13O9P/c7-3-5(10)4(9)2(1-8)12-6(3)11;7-1-3(8)5(10)6(11)4(9)2-15-16(12,13)14/h2-6,8-11H,1,7H2;4-7,9-11H,1-2H2,(H2,12,13,14)/t2-,3-,4-,5-,6?;/m1./s1. The zero-order chi connectivity index (χ0) is 22.2. The van der Waals surface area contributed by atoms with E-state index in [1.807, 2.05) is 0 Å². The van der Waals surface area contributed by atoms with Crippen LogP contribution in [-0.2, 0) is 18.6 Å². The third kappa shape index (κ3) is 8.81. The number of phosphoric ester groups is 1. The molecule has 16 heteroatoms. The molecule has 12 N–H and O–H groups in total. The fourth-order valence-electron chi connectivity index (χ4n) is 1.88. The predicted octanol–water partition coefficient (Wildman–Crippen LogP) is -6.52. The Labute approximate surface area is 158 Å². The van der Waals surface area contributed by atoms with E-state index >= 15 is 0 Å².